The van der Waals surface area contributed by atoms with Crippen molar-refractivity contribution >= 4 is 35.0 Å². The molecule has 0 saturated carbocycles. The number of aromatic nitrogens is 4. The number of hydrogen-bond acceptors (Lipinski definition) is 7. The summed E-state index contributed by atoms with van der Waals surface area (Å²) in [6, 6.07) is 4.16. The maximum atomic E-state index is 12.2. The van der Waals surface area contributed by atoms with Crippen molar-refractivity contribution in [3.63, 3.8) is 0 Å². The number of nitrogens with two attached hydrogens (primary N) is 1. The fourth-order valence-electron chi connectivity index (χ4n) is 2.11. The van der Waals surface area contributed by atoms with Crippen molar-refractivity contribution in [1.29, 1.82) is 0 Å². The average molecular weight is 386 g/mol. The summed E-state index contributed by atoms with van der Waals surface area (Å²) in [5, 5.41) is 12.2. The molecule has 0 aliphatic rings. The third-order valence-corrected chi connectivity index (χ3v) is 4.12. The predicted octanol–water partition coefficient (Wildman–Crippen LogP) is 1.42. The molecular formula is C15H17Cl2N5O3. The SMILES string of the molecule is CCOC(=O)CC(N)C(=O)Cn1nnnc1Cc1c(Cl)cccc1Cl. The van der Waals surface area contributed by atoms with E-state index < -0.39 is 12.0 Å². The molecule has 8 nitrogen and oxygen atoms in total. The third kappa shape index (κ3) is 5.22. The topological polar surface area (TPSA) is 113 Å². The molecule has 0 spiro atoms. The molecule has 134 valence electrons. The van der Waals surface area contributed by atoms with Gasteiger partial charge in [-0.3, -0.25) is 9.59 Å². The summed E-state index contributed by atoms with van der Waals surface area (Å²) in [6.07, 6.45) is 0.0619. The highest BCUT2D eigenvalue weighted by Crippen LogP contribution is 2.26. The standard InChI is InChI=1S/C15H17Cl2N5O3/c1-2-25-15(24)7-12(18)13(23)8-22-14(19-20-21-22)6-9-10(16)4-3-5-11(9)17/h3-5,12H,2,6-8,18H2,1H3. The minimum absolute atomic E-state index is 0.162. The Kier molecular flexibility index (Phi) is 6.86. The first-order valence-corrected chi connectivity index (χ1v) is 8.29. The van der Waals surface area contributed by atoms with E-state index in [1.807, 2.05) is 0 Å². The molecule has 2 N–H and O–H groups in total. The minimum atomic E-state index is -0.986. The van der Waals surface area contributed by atoms with Gasteiger partial charge in [0, 0.05) is 16.5 Å². The number of hydrogen-bond donors (Lipinski definition) is 1. The van der Waals surface area contributed by atoms with Crippen LogP contribution in [-0.4, -0.2) is 44.6 Å². The van der Waals surface area contributed by atoms with Gasteiger partial charge in [-0.15, -0.1) is 5.10 Å². The number of carbonyl (C=O) groups excluding carboxylic acids is 2. The average Bonchev–Trinajstić information content (AvgIpc) is 2.98. The van der Waals surface area contributed by atoms with Crippen LogP contribution < -0.4 is 5.73 Å². The number of Topliss-reactive ketones (excluding diaryl/α,β-unsaturated/α-hetero) is 1. The van der Waals surface area contributed by atoms with Crippen molar-refractivity contribution in [1.82, 2.24) is 20.2 Å². The summed E-state index contributed by atoms with van der Waals surface area (Å²) in [5.74, 6) is -0.498. The number of esters is 1. The van der Waals surface area contributed by atoms with Crippen LogP contribution >= 0.6 is 23.2 Å². The zero-order valence-electron chi connectivity index (χ0n) is 13.5. The highest BCUT2D eigenvalue weighted by atomic mass is 35.5. The largest absolute Gasteiger partial charge is 0.466 e. The number of nitrogens with zero attached hydrogens (tertiary/aromatic N) is 4. The summed E-state index contributed by atoms with van der Waals surface area (Å²) in [5.41, 5.74) is 6.40. The third-order valence-electron chi connectivity index (χ3n) is 3.41. The molecule has 2 aromatic rings. The first-order valence-electron chi connectivity index (χ1n) is 7.54. The van der Waals surface area contributed by atoms with Crippen molar-refractivity contribution in [2.75, 3.05) is 6.61 Å². The van der Waals surface area contributed by atoms with E-state index in [2.05, 4.69) is 15.5 Å². The second kappa shape index (κ2) is 8.89. The van der Waals surface area contributed by atoms with Crippen LogP contribution in [0.25, 0.3) is 0 Å². The van der Waals surface area contributed by atoms with E-state index in [-0.39, 0.29) is 31.8 Å². The van der Waals surface area contributed by atoms with Gasteiger partial charge in [-0.25, -0.2) is 4.68 Å². The lowest BCUT2D eigenvalue weighted by molar-refractivity contribution is -0.144. The van der Waals surface area contributed by atoms with Crippen molar-refractivity contribution in [3.8, 4) is 0 Å². The normalized spacial score (nSPS) is 12.0. The summed E-state index contributed by atoms with van der Waals surface area (Å²) >= 11 is 12.3. The van der Waals surface area contributed by atoms with Gasteiger partial charge in [0.05, 0.1) is 19.1 Å². The molecule has 1 atom stereocenters. The zero-order valence-corrected chi connectivity index (χ0v) is 15.0. The Labute approximate surface area is 154 Å². The van der Waals surface area contributed by atoms with Crippen LogP contribution in [0.15, 0.2) is 18.2 Å². The van der Waals surface area contributed by atoms with Gasteiger partial charge in [-0.05, 0) is 35.0 Å². The van der Waals surface area contributed by atoms with Crippen molar-refractivity contribution < 1.29 is 14.3 Å². The molecule has 2 rings (SSSR count). The van der Waals surface area contributed by atoms with Crippen LogP contribution in [0.2, 0.25) is 10.0 Å². The van der Waals surface area contributed by atoms with E-state index >= 15 is 0 Å². The molecule has 1 aromatic heterocycles. The van der Waals surface area contributed by atoms with Crippen LogP contribution in [-0.2, 0) is 27.3 Å². The van der Waals surface area contributed by atoms with E-state index in [0.29, 0.717) is 21.4 Å². The van der Waals surface area contributed by atoms with Gasteiger partial charge in [0.1, 0.15) is 6.54 Å². The highest BCUT2D eigenvalue weighted by Gasteiger charge is 2.21. The van der Waals surface area contributed by atoms with Crippen LogP contribution in [0, 0.1) is 0 Å². The first kappa shape index (κ1) is 19.3. The van der Waals surface area contributed by atoms with E-state index in [1.165, 1.54) is 4.68 Å². The van der Waals surface area contributed by atoms with Crippen LogP contribution in [0.1, 0.15) is 24.7 Å². The van der Waals surface area contributed by atoms with Crippen molar-refractivity contribution in [2.24, 2.45) is 5.73 Å². The van der Waals surface area contributed by atoms with E-state index in [0.717, 1.165) is 0 Å². The fraction of sp³-hybridized carbons (Fsp3) is 0.400. The lowest BCUT2D eigenvalue weighted by Crippen LogP contribution is -2.36. The van der Waals surface area contributed by atoms with Crippen molar-refractivity contribution in [3.05, 3.63) is 39.6 Å². The Morgan fingerprint density at radius 3 is 2.64 bits per heavy atom. The number of benzene rings is 1. The minimum Gasteiger partial charge on any atom is -0.466 e. The highest BCUT2D eigenvalue weighted by molar-refractivity contribution is 6.36. The molecule has 0 radical (unpaired) electrons. The Balaban J connectivity index is 2.06. The number of tetrazole rings is 1. The molecular weight excluding hydrogens is 369 g/mol. The van der Waals surface area contributed by atoms with Crippen LogP contribution in [0.4, 0.5) is 0 Å². The first-order chi connectivity index (χ1) is 11.9. The zero-order chi connectivity index (χ0) is 18.4. The second-order valence-electron chi connectivity index (χ2n) is 5.21. The lowest BCUT2D eigenvalue weighted by Gasteiger charge is -2.11. The predicted molar refractivity (Wildman–Crippen MR) is 91.3 cm³/mol. The molecule has 0 bridgehead atoms. The molecule has 0 aliphatic heterocycles. The van der Waals surface area contributed by atoms with Gasteiger partial charge in [0.15, 0.2) is 11.6 Å². The molecule has 0 amide bonds. The van der Waals surface area contributed by atoms with Crippen molar-refractivity contribution in [2.45, 2.75) is 32.4 Å². The van der Waals surface area contributed by atoms with Gasteiger partial charge in [-0.2, -0.15) is 0 Å². The summed E-state index contributed by atoms with van der Waals surface area (Å²) in [4.78, 5) is 23.6. The fourth-order valence-corrected chi connectivity index (χ4v) is 2.64. The van der Waals surface area contributed by atoms with Gasteiger partial charge >= 0.3 is 5.97 Å². The maximum Gasteiger partial charge on any atom is 0.307 e. The van der Waals surface area contributed by atoms with E-state index in [4.69, 9.17) is 33.7 Å². The second-order valence-corrected chi connectivity index (χ2v) is 6.03. The lowest BCUT2D eigenvalue weighted by atomic mass is 10.1. The van der Waals surface area contributed by atoms with Gasteiger partial charge < -0.3 is 10.5 Å². The number of ketones is 1. The number of halogens is 2. The Morgan fingerprint density at radius 2 is 2.00 bits per heavy atom. The van der Waals surface area contributed by atoms with Crippen LogP contribution in [0.3, 0.4) is 0 Å². The Hall–Kier alpha value is -2.03. The van der Waals surface area contributed by atoms with Gasteiger partial charge in [0.25, 0.3) is 0 Å². The summed E-state index contributed by atoms with van der Waals surface area (Å²) < 4.78 is 6.09. The summed E-state index contributed by atoms with van der Waals surface area (Å²) in [7, 11) is 0. The molecule has 1 aromatic carbocycles. The van der Waals surface area contributed by atoms with E-state index in [9.17, 15) is 9.59 Å². The molecule has 0 fully saturated rings. The number of ether oxygens (including phenoxy) is 1. The Bertz CT molecular complexity index is 745. The number of carbonyl (C=O) groups is 2. The van der Waals surface area contributed by atoms with Crippen LogP contribution in [0.5, 0.6) is 0 Å². The monoisotopic (exact) mass is 385 g/mol. The maximum absolute atomic E-state index is 12.2. The molecule has 1 heterocycles. The molecule has 10 heteroatoms. The molecule has 1 unspecified atom stereocenters. The van der Waals surface area contributed by atoms with Gasteiger partial charge in [-0.1, -0.05) is 29.3 Å². The quantitative estimate of drug-likeness (QED) is 0.683. The molecule has 25 heavy (non-hydrogen) atoms. The molecule has 0 saturated heterocycles. The van der Waals surface area contributed by atoms with E-state index in [1.54, 1.807) is 25.1 Å². The smallest absolute Gasteiger partial charge is 0.307 e. The summed E-state index contributed by atoms with van der Waals surface area (Å²) in [6.45, 7) is 1.75. The Morgan fingerprint density at radius 1 is 1.32 bits per heavy atom. The van der Waals surface area contributed by atoms with Gasteiger partial charge in [0.2, 0.25) is 0 Å². The molecule has 0 aliphatic carbocycles. The number of rotatable bonds is 8.